The van der Waals surface area contributed by atoms with Gasteiger partial charge in [0.2, 0.25) is 0 Å². The number of nitrogens with zero attached hydrogens (tertiary/aromatic N) is 1. The minimum absolute atomic E-state index is 0.540. The monoisotopic (exact) mass is 249 g/mol. The molecule has 1 heteroatoms. The van der Waals surface area contributed by atoms with Crippen molar-refractivity contribution in [2.24, 2.45) is 5.92 Å². The molecule has 0 atom stereocenters. The Hall–Kier alpha value is -2.07. The average molecular weight is 249 g/mol. The average Bonchev–Trinajstić information content (AvgIpc) is 2.39. The molecule has 0 aliphatic carbocycles. The molecule has 0 N–H and O–H groups in total. The highest BCUT2D eigenvalue weighted by molar-refractivity contribution is 5.70. The van der Waals surface area contributed by atoms with Crippen molar-refractivity contribution in [2.75, 3.05) is 0 Å². The van der Waals surface area contributed by atoms with E-state index in [0.29, 0.717) is 5.92 Å². The van der Waals surface area contributed by atoms with Crippen LogP contribution in [0.3, 0.4) is 0 Å². The van der Waals surface area contributed by atoms with Gasteiger partial charge in [-0.3, -0.25) is 0 Å². The second kappa shape index (κ2) is 5.71. The van der Waals surface area contributed by atoms with Crippen molar-refractivity contribution in [3.8, 4) is 17.2 Å². The summed E-state index contributed by atoms with van der Waals surface area (Å²) in [6.45, 7) is 6.46. The molecule has 2 rings (SSSR count). The lowest BCUT2D eigenvalue weighted by atomic mass is 9.90. The molecule has 0 spiro atoms. The highest BCUT2D eigenvalue weighted by Gasteiger charge is 2.11. The van der Waals surface area contributed by atoms with Gasteiger partial charge in [-0.05, 0) is 42.0 Å². The van der Waals surface area contributed by atoms with Crippen LogP contribution in [0.25, 0.3) is 11.1 Å². The van der Waals surface area contributed by atoms with E-state index in [2.05, 4.69) is 57.2 Å². The number of rotatable bonds is 3. The van der Waals surface area contributed by atoms with E-state index in [1.54, 1.807) is 0 Å². The summed E-state index contributed by atoms with van der Waals surface area (Å²) in [4.78, 5) is 0. The van der Waals surface area contributed by atoms with Crippen LogP contribution in [0.15, 0.2) is 42.5 Å². The molecule has 0 aliphatic heterocycles. The van der Waals surface area contributed by atoms with Gasteiger partial charge in [-0.1, -0.05) is 55.8 Å². The maximum Gasteiger partial charge on any atom is 0.0994 e. The summed E-state index contributed by atoms with van der Waals surface area (Å²) in [6, 6.07) is 16.8. The summed E-state index contributed by atoms with van der Waals surface area (Å²) in [5, 5.41) is 9.30. The van der Waals surface area contributed by atoms with E-state index in [1.165, 1.54) is 22.3 Å². The smallest absolute Gasteiger partial charge is 0.0994 e. The summed E-state index contributed by atoms with van der Waals surface area (Å²) in [5.41, 5.74) is 5.60. The van der Waals surface area contributed by atoms with E-state index in [1.807, 2.05) is 12.1 Å². The van der Waals surface area contributed by atoms with Crippen LogP contribution in [0, 0.1) is 24.2 Å². The van der Waals surface area contributed by atoms with Crippen molar-refractivity contribution in [1.82, 2.24) is 0 Å². The zero-order valence-corrected chi connectivity index (χ0v) is 11.8. The molecule has 2 aromatic rings. The Morgan fingerprint density at radius 2 is 1.74 bits per heavy atom. The van der Waals surface area contributed by atoms with Crippen molar-refractivity contribution < 1.29 is 0 Å². The molecule has 96 valence electrons. The van der Waals surface area contributed by atoms with Gasteiger partial charge < -0.3 is 0 Å². The Bertz CT molecular complexity index is 601. The first-order valence-corrected chi connectivity index (χ1v) is 6.71. The zero-order chi connectivity index (χ0) is 13.8. The standard InChI is InChI=1S/C18H19N/c1-13(2)11-18-16(12-19)5-4-6-17(18)15-9-7-14(3)8-10-15/h4-10,13H,11H2,1-3H3. The third kappa shape index (κ3) is 3.03. The summed E-state index contributed by atoms with van der Waals surface area (Å²) >= 11 is 0. The fourth-order valence-electron chi connectivity index (χ4n) is 2.32. The van der Waals surface area contributed by atoms with E-state index in [9.17, 15) is 5.26 Å². The lowest BCUT2D eigenvalue weighted by Crippen LogP contribution is -2.00. The summed E-state index contributed by atoms with van der Waals surface area (Å²) < 4.78 is 0. The number of nitriles is 1. The Kier molecular flexibility index (Phi) is 4.02. The van der Waals surface area contributed by atoms with Gasteiger partial charge in [-0.2, -0.15) is 5.26 Å². The van der Waals surface area contributed by atoms with Gasteiger partial charge in [-0.25, -0.2) is 0 Å². The Balaban J connectivity index is 2.56. The van der Waals surface area contributed by atoms with Crippen LogP contribution in [0.1, 0.15) is 30.5 Å². The van der Waals surface area contributed by atoms with Gasteiger partial charge >= 0.3 is 0 Å². The van der Waals surface area contributed by atoms with Crippen LogP contribution >= 0.6 is 0 Å². The molecule has 0 amide bonds. The van der Waals surface area contributed by atoms with E-state index < -0.39 is 0 Å². The molecule has 0 aliphatic rings. The predicted molar refractivity (Wildman–Crippen MR) is 79.9 cm³/mol. The van der Waals surface area contributed by atoms with Gasteiger partial charge in [0.1, 0.15) is 0 Å². The Labute approximate surface area is 115 Å². The first-order chi connectivity index (χ1) is 9.11. The topological polar surface area (TPSA) is 23.8 Å². The fourth-order valence-corrected chi connectivity index (χ4v) is 2.32. The quantitative estimate of drug-likeness (QED) is 0.771. The van der Waals surface area contributed by atoms with Crippen LogP contribution in [0.2, 0.25) is 0 Å². The Morgan fingerprint density at radius 1 is 1.05 bits per heavy atom. The predicted octanol–water partition coefficient (Wildman–Crippen LogP) is 4.73. The molecule has 1 nitrogen and oxygen atoms in total. The van der Waals surface area contributed by atoms with Crippen molar-refractivity contribution in [3.05, 3.63) is 59.2 Å². The minimum atomic E-state index is 0.540. The van der Waals surface area contributed by atoms with Gasteiger partial charge in [0.05, 0.1) is 11.6 Å². The maximum atomic E-state index is 9.30. The van der Waals surface area contributed by atoms with Crippen LogP contribution in [-0.4, -0.2) is 0 Å². The molecule has 0 aromatic heterocycles. The molecule has 0 fully saturated rings. The second-order valence-electron chi connectivity index (χ2n) is 5.41. The molecule has 0 unspecified atom stereocenters. The molecule has 19 heavy (non-hydrogen) atoms. The van der Waals surface area contributed by atoms with Crippen LogP contribution in [0.4, 0.5) is 0 Å². The van der Waals surface area contributed by atoms with Crippen molar-refractivity contribution >= 4 is 0 Å². The van der Waals surface area contributed by atoms with E-state index >= 15 is 0 Å². The first kappa shape index (κ1) is 13.4. The molecule has 0 saturated heterocycles. The molecule has 0 bridgehead atoms. The number of hydrogen-bond acceptors (Lipinski definition) is 1. The molecular weight excluding hydrogens is 230 g/mol. The van der Waals surface area contributed by atoms with Gasteiger partial charge in [0, 0.05) is 0 Å². The summed E-state index contributed by atoms with van der Waals surface area (Å²) in [7, 11) is 0. The third-order valence-corrected chi connectivity index (χ3v) is 3.27. The minimum Gasteiger partial charge on any atom is -0.192 e. The maximum absolute atomic E-state index is 9.30. The Morgan fingerprint density at radius 3 is 2.32 bits per heavy atom. The number of aryl methyl sites for hydroxylation is 1. The normalized spacial score (nSPS) is 10.5. The lowest BCUT2D eigenvalue weighted by molar-refractivity contribution is 0.647. The molecular formula is C18H19N. The highest BCUT2D eigenvalue weighted by atomic mass is 14.3. The molecule has 0 heterocycles. The molecule has 0 saturated carbocycles. The van der Waals surface area contributed by atoms with Gasteiger partial charge in [0.15, 0.2) is 0 Å². The zero-order valence-electron chi connectivity index (χ0n) is 11.8. The lowest BCUT2D eigenvalue weighted by Gasteiger charge is -2.14. The fraction of sp³-hybridized carbons (Fsp3) is 0.278. The number of hydrogen-bond donors (Lipinski definition) is 0. The molecule has 0 radical (unpaired) electrons. The van der Waals surface area contributed by atoms with Crippen molar-refractivity contribution in [2.45, 2.75) is 27.2 Å². The van der Waals surface area contributed by atoms with E-state index in [-0.39, 0.29) is 0 Å². The SMILES string of the molecule is Cc1ccc(-c2cccc(C#N)c2CC(C)C)cc1. The largest absolute Gasteiger partial charge is 0.192 e. The van der Waals surface area contributed by atoms with Crippen molar-refractivity contribution in [3.63, 3.8) is 0 Å². The van der Waals surface area contributed by atoms with E-state index in [4.69, 9.17) is 0 Å². The first-order valence-electron chi connectivity index (χ1n) is 6.71. The summed E-state index contributed by atoms with van der Waals surface area (Å²) in [6.07, 6.45) is 0.937. The van der Waals surface area contributed by atoms with Crippen LogP contribution in [-0.2, 0) is 6.42 Å². The van der Waals surface area contributed by atoms with Crippen LogP contribution < -0.4 is 0 Å². The molecule has 2 aromatic carbocycles. The van der Waals surface area contributed by atoms with Gasteiger partial charge in [0.25, 0.3) is 0 Å². The van der Waals surface area contributed by atoms with E-state index in [0.717, 1.165) is 12.0 Å². The third-order valence-electron chi connectivity index (χ3n) is 3.27. The highest BCUT2D eigenvalue weighted by Crippen LogP contribution is 2.28. The summed E-state index contributed by atoms with van der Waals surface area (Å²) in [5.74, 6) is 0.540. The van der Waals surface area contributed by atoms with Gasteiger partial charge in [-0.15, -0.1) is 0 Å². The number of benzene rings is 2. The van der Waals surface area contributed by atoms with Crippen LogP contribution in [0.5, 0.6) is 0 Å². The second-order valence-corrected chi connectivity index (χ2v) is 5.41. The van der Waals surface area contributed by atoms with Crippen molar-refractivity contribution in [1.29, 1.82) is 5.26 Å².